The van der Waals surface area contributed by atoms with Crippen molar-refractivity contribution in [3.8, 4) is 5.75 Å². The Balaban J connectivity index is 2.30. The first kappa shape index (κ1) is 12.3. The fraction of sp³-hybridized carbons (Fsp3) is 0.0769. The van der Waals surface area contributed by atoms with Gasteiger partial charge in [-0.15, -0.1) is 0 Å². The molecule has 0 aromatic heterocycles. The molecule has 0 radical (unpaired) electrons. The molecule has 17 heavy (non-hydrogen) atoms. The molecule has 0 heterocycles. The van der Waals surface area contributed by atoms with Crippen LogP contribution in [-0.2, 0) is 0 Å². The van der Waals surface area contributed by atoms with Crippen molar-refractivity contribution < 1.29 is 4.74 Å². The normalized spacial score (nSPS) is 10.2. The van der Waals surface area contributed by atoms with E-state index in [9.17, 15) is 0 Å². The van der Waals surface area contributed by atoms with Gasteiger partial charge in [0, 0.05) is 14.3 Å². The van der Waals surface area contributed by atoms with Crippen molar-refractivity contribution in [3.05, 3.63) is 46.9 Å². The van der Waals surface area contributed by atoms with E-state index in [1.807, 2.05) is 36.4 Å². The van der Waals surface area contributed by atoms with E-state index in [0.29, 0.717) is 11.4 Å². The third-order valence-electron chi connectivity index (χ3n) is 2.27. The van der Waals surface area contributed by atoms with Gasteiger partial charge in [0.2, 0.25) is 0 Å². The summed E-state index contributed by atoms with van der Waals surface area (Å²) in [6.45, 7) is 0. The van der Waals surface area contributed by atoms with E-state index in [-0.39, 0.29) is 0 Å². The zero-order valence-corrected chi connectivity index (χ0v) is 11.7. The van der Waals surface area contributed by atoms with E-state index in [1.54, 1.807) is 18.9 Å². The number of methoxy groups -OCH3 is 1. The Bertz CT molecular complexity index is 531. The van der Waals surface area contributed by atoms with Crippen molar-refractivity contribution in [1.82, 2.24) is 0 Å². The first-order chi connectivity index (χ1) is 8.20. The van der Waals surface area contributed by atoms with Crippen LogP contribution < -0.4 is 10.5 Å². The van der Waals surface area contributed by atoms with E-state index in [2.05, 4.69) is 22.0 Å². The third-order valence-corrected chi connectivity index (χ3v) is 3.83. The quantitative estimate of drug-likeness (QED) is 0.863. The molecule has 0 spiro atoms. The van der Waals surface area contributed by atoms with E-state index < -0.39 is 0 Å². The maximum atomic E-state index is 6.02. The molecule has 0 saturated heterocycles. The summed E-state index contributed by atoms with van der Waals surface area (Å²) in [4.78, 5) is 2.14. The van der Waals surface area contributed by atoms with Gasteiger partial charge in [0.05, 0.1) is 12.8 Å². The predicted octanol–water partition coefficient (Wildman–Crippen LogP) is 4.19. The molecule has 2 nitrogen and oxygen atoms in total. The van der Waals surface area contributed by atoms with Gasteiger partial charge in [-0.1, -0.05) is 39.8 Å². The summed E-state index contributed by atoms with van der Waals surface area (Å²) in [6.07, 6.45) is 0. The zero-order chi connectivity index (χ0) is 12.3. The minimum absolute atomic E-state index is 0.681. The molecule has 4 heteroatoms. The second kappa shape index (κ2) is 5.47. The number of para-hydroxylation sites is 1. The van der Waals surface area contributed by atoms with Gasteiger partial charge >= 0.3 is 0 Å². The topological polar surface area (TPSA) is 35.2 Å². The number of anilines is 1. The lowest BCUT2D eigenvalue weighted by atomic mass is 10.3. The SMILES string of the molecule is COc1cccc(Sc2cccc(Br)c2)c1N. The lowest BCUT2D eigenvalue weighted by Crippen LogP contribution is -1.93. The van der Waals surface area contributed by atoms with Crippen LogP contribution in [0, 0.1) is 0 Å². The van der Waals surface area contributed by atoms with Crippen LogP contribution in [0.15, 0.2) is 56.7 Å². The molecular weight excluding hydrogens is 298 g/mol. The molecule has 2 rings (SSSR count). The monoisotopic (exact) mass is 309 g/mol. The van der Waals surface area contributed by atoms with Gasteiger partial charge in [-0.05, 0) is 30.3 Å². The first-order valence-corrected chi connectivity index (χ1v) is 6.67. The summed E-state index contributed by atoms with van der Waals surface area (Å²) in [7, 11) is 1.62. The molecule has 0 atom stereocenters. The van der Waals surface area contributed by atoms with Gasteiger partial charge in [0.15, 0.2) is 0 Å². The summed E-state index contributed by atoms with van der Waals surface area (Å²) in [6, 6.07) is 13.9. The molecule has 0 saturated carbocycles. The number of hydrogen-bond donors (Lipinski definition) is 1. The van der Waals surface area contributed by atoms with E-state index in [1.165, 1.54) is 0 Å². The minimum atomic E-state index is 0.681. The molecule has 0 aliphatic rings. The van der Waals surface area contributed by atoms with Gasteiger partial charge < -0.3 is 10.5 Å². The minimum Gasteiger partial charge on any atom is -0.495 e. The fourth-order valence-corrected chi connectivity index (χ4v) is 2.94. The number of benzene rings is 2. The Labute approximate surface area is 113 Å². The molecule has 2 aromatic rings. The van der Waals surface area contributed by atoms with Crippen LogP contribution in [-0.4, -0.2) is 7.11 Å². The Morgan fingerprint density at radius 2 is 1.94 bits per heavy atom. The first-order valence-electron chi connectivity index (χ1n) is 5.06. The second-order valence-corrected chi connectivity index (χ2v) is 5.46. The molecule has 0 bridgehead atoms. The van der Waals surface area contributed by atoms with Crippen LogP contribution in [0.25, 0.3) is 0 Å². The average molecular weight is 310 g/mol. The van der Waals surface area contributed by atoms with Crippen molar-refractivity contribution in [2.24, 2.45) is 0 Å². The summed E-state index contributed by atoms with van der Waals surface area (Å²) in [5.74, 6) is 0.713. The lowest BCUT2D eigenvalue weighted by molar-refractivity contribution is 0.416. The summed E-state index contributed by atoms with van der Waals surface area (Å²) in [5, 5.41) is 0. The largest absolute Gasteiger partial charge is 0.495 e. The molecule has 0 amide bonds. The lowest BCUT2D eigenvalue weighted by Gasteiger charge is -2.09. The second-order valence-electron chi connectivity index (χ2n) is 3.43. The number of halogens is 1. The van der Waals surface area contributed by atoms with Crippen molar-refractivity contribution >= 4 is 33.4 Å². The molecule has 0 aliphatic carbocycles. The van der Waals surface area contributed by atoms with Gasteiger partial charge in [-0.25, -0.2) is 0 Å². The maximum absolute atomic E-state index is 6.02. The van der Waals surface area contributed by atoms with Crippen LogP contribution in [0.5, 0.6) is 5.75 Å². The highest BCUT2D eigenvalue weighted by molar-refractivity contribution is 9.10. The van der Waals surface area contributed by atoms with E-state index >= 15 is 0 Å². The van der Waals surface area contributed by atoms with Crippen molar-refractivity contribution in [3.63, 3.8) is 0 Å². The van der Waals surface area contributed by atoms with Gasteiger partial charge in [-0.3, -0.25) is 0 Å². The number of nitrogen functional groups attached to an aromatic ring is 1. The molecule has 2 aromatic carbocycles. The number of rotatable bonds is 3. The van der Waals surface area contributed by atoms with Crippen LogP contribution in [0.1, 0.15) is 0 Å². The van der Waals surface area contributed by atoms with Crippen LogP contribution in [0.4, 0.5) is 5.69 Å². The molecule has 2 N–H and O–H groups in total. The van der Waals surface area contributed by atoms with Gasteiger partial charge in [0.1, 0.15) is 5.75 Å². The molecule has 88 valence electrons. The molecular formula is C13H12BrNOS. The summed E-state index contributed by atoms with van der Waals surface area (Å²) in [5.41, 5.74) is 6.70. The molecule has 0 fully saturated rings. The van der Waals surface area contributed by atoms with E-state index in [4.69, 9.17) is 10.5 Å². The Hall–Kier alpha value is -1.13. The van der Waals surface area contributed by atoms with Crippen LogP contribution >= 0.6 is 27.7 Å². The van der Waals surface area contributed by atoms with E-state index in [0.717, 1.165) is 14.3 Å². The fourth-order valence-electron chi connectivity index (χ4n) is 1.45. The molecule has 0 aliphatic heterocycles. The van der Waals surface area contributed by atoms with Crippen molar-refractivity contribution in [2.45, 2.75) is 9.79 Å². The number of hydrogen-bond acceptors (Lipinski definition) is 3. The third kappa shape index (κ3) is 2.96. The zero-order valence-electron chi connectivity index (χ0n) is 9.31. The van der Waals surface area contributed by atoms with Gasteiger partial charge in [-0.2, -0.15) is 0 Å². The standard InChI is InChI=1S/C13H12BrNOS/c1-16-11-6-3-7-12(13(11)15)17-10-5-2-4-9(14)8-10/h2-8H,15H2,1H3. The average Bonchev–Trinajstić information content (AvgIpc) is 2.32. The highest BCUT2D eigenvalue weighted by Crippen LogP contribution is 2.37. The van der Waals surface area contributed by atoms with Gasteiger partial charge in [0.25, 0.3) is 0 Å². The Kier molecular flexibility index (Phi) is 3.97. The number of nitrogens with two attached hydrogens (primary N) is 1. The smallest absolute Gasteiger partial charge is 0.142 e. The van der Waals surface area contributed by atoms with Crippen LogP contribution in [0.2, 0.25) is 0 Å². The number of ether oxygens (including phenoxy) is 1. The van der Waals surface area contributed by atoms with Crippen molar-refractivity contribution in [2.75, 3.05) is 12.8 Å². The van der Waals surface area contributed by atoms with Crippen molar-refractivity contribution in [1.29, 1.82) is 0 Å². The van der Waals surface area contributed by atoms with Crippen LogP contribution in [0.3, 0.4) is 0 Å². The maximum Gasteiger partial charge on any atom is 0.142 e. The highest BCUT2D eigenvalue weighted by atomic mass is 79.9. The summed E-state index contributed by atoms with van der Waals surface area (Å²) < 4.78 is 6.26. The molecule has 0 unspecified atom stereocenters. The predicted molar refractivity (Wildman–Crippen MR) is 75.7 cm³/mol. The highest BCUT2D eigenvalue weighted by Gasteiger charge is 2.06. The Morgan fingerprint density at radius 3 is 2.65 bits per heavy atom. The summed E-state index contributed by atoms with van der Waals surface area (Å²) >= 11 is 5.08. The Morgan fingerprint density at radius 1 is 1.18 bits per heavy atom.